The number of ether oxygens (including phenoxy) is 1. The molecule has 0 radical (unpaired) electrons. The molecular formula is C18H20N8O2. The van der Waals surface area contributed by atoms with Crippen molar-refractivity contribution in [3.8, 4) is 0 Å². The summed E-state index contributed by atoms with van der Waals surface area (Å²) in [6.07, 6.45) is 6.86. The molecule has 1 saturated heterocycles. The van der Waals surface area contributed by atoms with Crippen LogP contribution < -0.4 is 11.0 Å². The minimum Gasteiger partial charge on any atom is -0.379 e. The lowest BCUT2D eigenvalue weighted by atomic mass is 10.1. The average molecular weight is 380 g/mol. The third kappa shape index (κ3) is 2.64. The maximum Gasteiger partial charge on any atom is 0.330 e. The van der Waals surface area contributed by atoms with E-state index in [2.05, 4.69) is 25.4 Å². The smallest absolute Gasteiger partial charge is 0.330 e. The first kappa shape index (κ1) is 16.9. The average Bonchev–Trinajstić information content (AvgIpc) is 3.25. The maximum atomic E-state index is 12.8. The Labute approximate surface area is 159 Å². The normalized spacial score (nSPS) is 17.4. The Morgan fingerprint density at radius 2 is 2.21 bits per heavy atom. The van der Waals surface area contributed by atoms with Crippen molar-refractivity contribution >= 4 is 28.4 Å². The van der Waals surface area contributed by atoms with E-state index in [0.29, 0.717) is 23.7 Å². The van der Waals surface area contributed by atoms with Crippen LogP contribution in [0, 0.1) is 6.92 Å². The van der Waals surface area contributed by atoms with Gasteiger partial charge < -0.3 is 10.1 Å². The highest BCUT2D eigenvalue weighted by atomic mass is 16.5. The lowest BCUT2D eigenvalue weighted by Gasteiger charge is -2.22. The van der Waals surface area contributed by atoms with E-state index in [9.17, 15) is 4.79 Å². The fourth-order valence-electron chi connectivity index (χ4n) is 3.66. The first-order valence-electron chi connectivity index (χ1n) is 9.20. The molecule has 4 aromatic heterocycles. The van der Waals surface area contributed by atoms with Crippen molar-refractivity contribution in [2.75, 3.05) is 18.5 Å². The van der Waals surface area contributed by atoms with Gasteiger partial charge >= 0.3 is 5.69 Å². The van der Waals surface area contributed by atoms with Gasteiger partial charge in [0, 0.05) is 13.7 Å². The second-order valence-corrected chi connectivity index (χ2v) is 7.04. The molecule has 0 unspecified atom stereocenters. The number of pyridine rings is 1. The van der Waals surface area contributed by atoms with Crippen LogP contribution in [-0.4, -0.2) is 46.9 Å². The van der Waals surface area contributed by atoms with Crippen LogP contribution in [0.25, 0.3) is 16.8 Å². The zero-order valence-electron chi connectivity index (χ0n) is 15.7. The Bertz CT molecular complexity index is 1230. The monoisotopic (exact) mass is 380 g/mol. The molecule has 0 aliphatic carbocycles. The Hall–Kier alpha value is -3.27. The van der Waals surface area contributed by atoms with Gasteiger partial charge in [-0.15, -0.1) is 0 Å². The van der Waals surface area contributed by atoms with Gasteiger partial charge in [0.15, 0.2) is 11.3 Å². The molecule has 10 nitrogen and oxygen atoms in total. The van der Waals surface area contributed by atoms with Gasteiger partial charge in [0.25, 0.3) is 0 Å². The van der Waals surface area contributed by atoms with E-state index in [-0.39, 0.29) is 11.7 Å². The molecule has 1 aliphatic rings. The highest BCUT2D eigenvalue weighted by molar-refractivity contribution is 5.73. The van der Waals surface area contributed by atoms with Crippen LogP contribution >= 0.6 is 0 Å². The van der Waals surface area contributed by atoms with Gasteiger partial charge in [0.2, 0.25) is 5.95 Å². The lowest BCUT2D eigenvalue weighted by molar-refractivity contribution is 0.0591. The van der Waals surface area contributed by atoms with Crippen molar-refractivity contribution in [2.24, 2.45) is 7.05 Å². The third-order valence-electron chi connectivity index (χ3n) is 5.20. The minimum atomic E-state index is -0.0998. The molecule has 0 spiro atoms. The molecule has 5 rings (SSSR count). The van der Waals surface area contributed by atoms with Crippen molar-refractivity contribution < 1.29 is 4.74 Å². The van der Waals surface area contributed by atoms with Crippen molar-refractivity contribution in [2.45, 2.75) is 25.8 Å². The number of aromatic nitrogens is 7. The topological polar surface area (TPSA) is 104 Å². The molecule has 1 fully saturated rings. The van der Waals surface area contributed by atoms with Crippen molar-refractivity contribution in [1.29, 1.82) is 0 Å². The van der Waals surface area contributed by atoms with E-state index in [4.69, 9.17) is 4.74 Å². The molecule has 0 saturated carbocycles. The summed E-state index contributed by atoms with van der Waals surface area (Å²) >= 11 is 0. The van der Waals surface area contributed by atoms with E-state index < -0.39 is 0 Å². The molecule has 0 amide bonds. The predicted molar refractivity (Wildman–Crippen MR) is 103 cm³/mol. The molecule has 4 aromatic rings. The predicted octanol–water partition coefficient (Wildman–Crippen LogP) is 1.58. The van der Waals surface area contributed by atoms with E-state index in [1.807, 2.05) is 19.2 Å². The second kappa shape index (κ2) is 6.41. The summed E-state index contributed by atoms with van der Waals surface area (Å²) in [5.74, 6) is 0.422. The van der Waals surface area contributed by atoms with Crippen LogP contribution in [0.2, 0.25) is 0 Å². The Morgan fingerprint density at radius 1 is 1.32 bits per heavy atom. The summed E-state index contributed by atoms with van der Waals surface area (Å²) < 4.78 is 10.6. The molecule has 0 bridgehead atoms. The second-order valence-electron chi connectivity index (χ2n) is 7.04. The van der Waals surface area contributed by atoms with Gasteiger partial charge in [0.1, 0.15) is 11.8 Å². The maximum absolute atomic E-state index is 12.8. The number of nitrogens with zero attached hydrogens (tertiary/aromatic N) is 7. The van der Waals surface area contributed by atoms with Crippen LogP contribution in [0.3, 0.4) is 0 Å². The number of imidazole rings is 1. The quantitative estimate of drug-likeness (QED) is 0.575. The fraction of sp³-hybridized carbons (Fsp3) is 0.389. The molecule has 1 atom stereocenters. The minimum absolute atomic E-state index is 0.0130. The van der Waals surface area contributed by atoms with Crippen molar-refractivity contribution in [3.63, 3.8) is 0 Å². The van der Waals surface area contributed by atoms with Gasteiger partial charge in [-0.1, -0.05) is 0 Å². The SMILES string of the molecule is Cc1cc2ncnn2cc1Nc1ncc2c(n1)n([C@@H]1CCCOC1)c(=O)n2C. The zero-order chi connectivity index (χ0) is 19.3. The summed E-state index contributed by atoms with van der Waals surface area (Å²) in [5, 5.41) is 7.40. The van der Waals surface area contributed by atoms with Crippen LogP contribution in [-0.2, 0) is 11.8 Å². The van der Waals surface area contributed by atoms with Crippen LogP contribution in [0.1, 0.15) is 24.4 Å². The largest absolute Gasteiger partial charge is 0.379 e. The van der Waals surface area contributed by atoms with Crippen LogP contribution in [0.5, 0.6) is 0 Å². The molecule has 28 heavy (non-hydrogen) atoms. The zero-order valence-corrected chi connectivity index (χ0v) is 15.7. The molecule has 1 N–H and O–H groups in total. The van der Waals surface area contributed by atoms with Gasteiger partial charge in [-0.25, -0.2) is 19.3 Å². The summed E-state index contributed by atoms with van der Waals surface area (Å²) in [4.78, 5) is 26.0. The summed E-state index contributed by atoms with van der Waals surface area (Å²) in [7, 11) is 1.74. The third-order valence-corrected chi connectivity index (χ3v) is 5.20. The molecule has 10 heteroatoms. The molecule has 0 aromatic carbocycles. The molecule has 1 aliphatic heterocycles. The van der Waals surface area contributed by atoms with Gasteiger partial charge in [0.05, 0.1) is 30.7 Å². The summed E-state index contributed by atoms with van der Waals surface area (Å²) in [6.45, 7) is 3.24. The number of hydrogen-bond donors (Lipinski definition) is 1. The number of nitrogens with one attached hydrogen (secondary N) is 1. The molecule has 5 heterocycles. The van der Waals surface area contributed by atoms with E-state index >= 15 is 0 Å². The highest BCUT2D eigenvalue weighted by Crippen LogP contribution is 2.24. The fourth-order valence-corrected chi connectivity index (χ4v) is 3.66. The van der Waals surface area contributed by atoms with Gasteiger partial charge in [-0.2, -0.15) is 10.1 Å². The lowest BCUT2D eigenvalue weighted by Crippen LogP contribution is -2.31. The number of hydrogen-bond acceptors (Lipinski definition) is 7. The van der Waals surface area contributed by atoms with Crippen LogP contribution in [0.4, 0.5) is 11.6 Å². The molecule has 144 valence electrons. The van der Waals surface area contributed by atoms with E-state index in [0.717, 1.165) is 36.3 Å². The summed E-state index contributed by atoms with van der Waals surface area (Å²) in [5.41, 5.74) is 3.80. The number of anilines is 2. The Balaban J connectivity index is 1.58. The number of aryl methyl sites for hydroxylation is 2. The Morgan fingerprint density at radius 3 is 3.04 bits per heavy atom. The van der Waals surface area contributed by atoms with E-state index in [1.54, 1.807) is 26.9 Å². The van der Waals surface area contributed by atoms with Crippen molar-refractivity contribution in [3.05, 3.63) is 40.8 Å². The van der Waals surface area contributed by atoms with E-state index in [1.165, 1.54) is 6.33 Å². The van der Waals surface area contributed by atoms with Gasteiger partial charge in [-0.05, 0) is 31.4 Å². The summed E-state index contributed by atoms with van der Waals surface area (Å²) in [6, 6.07) is 1.92. The standard InChI is InChI=1S/C18H20N8O2/c1-11-6-15-20-10-21-25(15)8-13(11)22-17-19-7-14-16(23-17)26(18(27)24(14)2)12-4-3-5-28-9-12/h6-8,10,12H,3-5,9H2,1-2H3,(H,19,22,23)/t12-/m1/s1. The highest BCUT2D eigenvalue weighted by Gasteiger charge is 2.23. The number of rotatable bonds is 3. The first-order valence-corrected chi connectivity index (χ1v) is 9.20. The van der Waals surface area contributed by atoms with Crippen LogP contribution in [0.15, 0.2) is 29.6 Å². The number of fused-ring (bicyclic) bond motifs is 2. The first-order chi connectivity index (χ1) is 13.6. The Kier molecular flexibility index (Phi) is 3.86. The molecular weight excluding hydrogens is 360 g/mol. The van der Waals surface area contributed by atoms with Crippen molar-refractivity contribution in [1.82, 2.24) is 33.7 Å². The van der Waals surface area contributed by atoms with Gasteiger partial charge in [-0.3, -0.25) is 9.13 Å².